The summed E-state index contributed by atoms with van der Waals surface area (Å²) < 4.78 is 59.0. The average Bonchev–Trinajstić information content (AvgIpc) is 3.66. The van der Waals surface area contributed by atoms with Crippen LogP contribution in [-0.2, 0) is 46.5 Å². The topological polar surface area (TPSA) is 181 Å². The fourth-order valence-electron chi connectivity index (χ4n) is 5.08. The molecule has 5 rings (SSSR count). The van der Waals surface area contributed by atoms with E-state index in [-0.39, 0.29) is 36.6 Å². The maximum atomic E-state index is 14.0. The zero-order valence-corrected chi connectivity index (χ0v) is 25.8. The van der Waals surface area contributed by atoms with Crippen LogP contribution in [0.25, 0.3) is 11.0 Å². The fourth-order valence-corrected chi connectivity index (χ4v) is 6.77. The van der Waals surface area contributed by atoms with Gasteiger partial charge in [0.25, 0.3) is 10.0 Å². The molecular weight excluding hydrogens is 614 g/mol. The number of anilines is 1. The number of hydrogen-bond acceptors (Lipinski definition) is 10. The lowest BCUT2D eigenvalue weighted by molar-refractivity contribution is -0.185. The lowest BCUT2D eigenvalue weighted by atomic mass is 10.0. The number of nitrogens with one attached hydrogen (secondary N) is 3. The van der Waals surface area contributed by atoms with Gasteiger partial charge < -0.3 is 29.6 Å². The highest BCUT2D eigenvalue weighted by molar-refractivity contribution is 7.89. The summed E-state index contributed by atoms with van der Waals surface area (Å²) in [6.07, 6.45) is 1.29. The van der Waals surface area contributed by atoms with Crippen molar-refractivity contribution in [2.45, 2.75) is 61.5 Å². The van der Waals surface area contributed by atoms with E-state index in [1.165, 1.54) is 24.5 Å². The Morgan fingerprint density at radius 2 is 1.98 bits per heavy atom. The molecule has 0 bridgehead atoms. The lowest BCUT2D eigenvalue weighted by Crippen LogP contribution is -2.52. The first kappa shape index (κ1) is 32.3. The third-order valence-corrected chi connectivity index (χ3v) is 9.36. The summed E-state index contributed by atoms with van der Waals surface area (Å²) >= 11 is 0. The number of H-pyrrole nitrogens is 1. The van der Waals surface area contributed by atoms with E-state index >= 15 is 0 Å². The minimum Gasteiger partial charge on any atom is -0.417 e. The molecule has 3 aromatic rings. The molecule has 0 radical (unpaired) electrons. The summed E-state index contributed by atoms with van der Waals surface area (Å²) in [4.78, 5) is 25.9. The molecule has 2 unspecified atom stereocenters. The average molecular weight is 652 g/mol. The van der Waals surface area contributed by atoms with Gasteiger partial charge in [0, 0.05) is 6.26 Å². The number of rotatable bonds is 13. The zero-order chi connectivity index (χ0) is 31.1. The molecule has 16 heteroatoms. The number of benzene rings is 2. The van der Waals surface area contributed by atoms with Gasteiger partial charge in [-0.05, 0) is 43.0 Å². The monoisotopic (exact) mass is 651 g/mol. The number of amides is 1. The van der Waals surface area contributed by atoms with Crippen molar-refractivity contribution in [3.63, 3.8) is 0 Å². The maximum Gasteiger partial charge on any atom is 0.409 e. The summed E-state index contributed by atoms with van der Waals surface area (Å²) in [5, 5.41) is 14.1. The molecule has 1 aliphatic carbocycles. The Kier molecular flexibility index (Phi) is 10.8. The first-order valence-corrected chi connectivity index (χ1v) is 17.3. The number of carbonyl (C=O) groups is 1. The van der Waals surface area contributed by atoms with Crippen LogP contribution in [0.3, 0.4) is 0 Å². The Hall–Kier alpha value is -3.12. The van der Waals surface area contributed by atoms with Crippen LogP contribution >= 0.6 is 0 Å². The van der Waals surface area contributed by atoms with Crippen molar-refractivity contribution in [2.75, 3.05) is 37.3 Å². The van der Waals surface area contributed by atoms with Gasteiger partial charge in [-0.1, -0.05) is 47.6 Å². The molecule has 2 aromatic carbocycles. The predicted octanol–water partition coefficient (Wildman–Crippen LogP) is 2.20. The number of aromatic amines is 1. The molecule has 1 saturated heterocycles. The van der Waals surface area contributed by atoms with Crippen molar-refractivity contribution < 1.29 is 41.6 Å². The van der Waals surface area contributed by atoms with Crippen LogP contribution < -0.4 is 10.0 Å². The molecule has 14 nitrogen and oxygen atoms in total. The van der Waals surface area contributed by atoms with Crippen molar-refractivity contribution >= 4 is 44.1 Å². The molecule has 2 aliphatic rings. The van der Waals surface area contributed by atoms with Gasteiger partial charge in [-0.3, -0.25) is 9.56 Å². The Morgan fingerprint density at radius 1 is 1.20 bits per heavy atom. The largest absolute Gasteiger partial charge is 0.417 e. The normalized spacial score (nSPS) is 19.9. The number of aromatic nitrogens is 2. The Morgan fingerprint density at radius 3 is 2.68 bits per heavy atom. The highest BCUT2D eigenvalue weighted by Gasteiger charge is 2.35. The molecule has 0 spiro atoms. The van der Waals surface area contributed by atoms with Crippen LogP contribution in [0, 0.1) is 0 Å². The molecule has 1 aromatic heterocycles. The first-order valence-electron chi connectivity index (χ1n) is 14.4. The highest BCUT2D eigenvalue weighted by Crippen LogP contribution is 2.27. The van der Waals surface area contributed by atoms with Crippen LogP contribution in [-0.4, -0.2) is 95.4 Å². The lowest BCUT2D eigenvalue weighted by Gasteiger charge is -2.31. The molecule has 1 saturated carbocycles. The number of carbonyl (C=O) groups excluding carboxylic acids is 1. The second-order valence-corrected chi connectivity index (χ2v) is 13.6. The van der Waals surface area contributed by atoms with E-state index in [0.29, 0.717) is 30.5 Å². The van der Waals surface area contributed by atoms with Gasteiger partial charge in [-0.2, -0.15) is 0 Å². The van der Waals surface area contributed by atoms with Gasteiger partial charge in [-0.15, -0.1) is 0 Å². The zero-order valence-electron chi connectivity index (χ0n) is 24.2. The molecule has 4 N–H and O–H groups in total. The maximum absolute atomic E-state index is 14.0. The van der Waals surface area contributed by atoms with Gasteiger partial charge in [0.2, 0.25) is 12.2 Å². The number of alkyl carbamates (subject to hydrolysis) is 1. The predicted molar refractivity (Wildman–Crippen MR) is 161 cm³/mol. The van der Waals surface area contributed by atoms with E-state index in [1.54, 1.807) is 0 Å². The molecule has 1 aliphatic heterocycles. The van der Waals surface area contributed by atoms with Gasteiger partial charge in [-0.25, -0.2) is 22.4 Å². The van der Waals surface area contributed by atoms with Crippen LogP contribution in [0.4, 0.5) is 10.7 Å². The minimum atomic E-state index is -4.30. The number of sulfonamides is 1. The number of ether oxygens (including phenoxy) is 3. The van der Waals surface area contributed by atoms with Crippen molar-refractivity contribution in [3.05, 3.63) is 54.1 Å². The molecule has 2 fully saturated rings. The second-order valence-electron chi connectivity index (χ2n) is 10.6. The van der Waals surface area contributed by atoms with E-state index < -0.39 is 52.1 Å². The van der Waals surface area contributed by atoms with E-state index in [0.717, 1.165) is 22.9 Å². The summed E-state index contributed by atoms with van der Waals surface area (Å²) in [7, 11) is -5.68. The molecule has 44 heavy (non-hydrogen) atoms. The number of hydroxylamine groups is 1. The van der Waals surface area contributed by atoms with E-state index in [4.69, 9.17) is 19.0 Å². The van der Waals surface area contributed by atoms with Crippen molar-refractivity contribution in [2.24, 2.45) is 0 Å². The number of nitrogens with zero attached hydrogens (tertiary/aromatic N) is 2. The van der Waals surface area contributed by atoms with Crippen LogP contribution in [0.1, 0.15) is 31.2 Å². The smallest absolute Gasteiger partial charge is 0.409 e. The van der Waals surface area contributed by atoms with Gasteiger partial charge in [0.05, 0.1) is 53.9 Å². The van der Waals surface area contributed by atoms with Crippen molar-refractivity contribution in [1.82, 2.24) is 19.8 Å². The Bertz CT molecular complexity index is 1530. The third kappa shape index (κ3) is 8.53. The van der Waals surface area contributed by atoms with Crippen LogP contribution in [0.2, 0.25) is 0 Å². The number of aliphatic hydroxyl groups excluding tert-OH is 1. The summed E-state index contributed by atoms with van der Waals surface area (Å²) in [6.45, 7) is 0.282. The second kappa shape index (κ2) is 14.8. The van der Waals surface area contributed by atoms with Gasteiger partial charge >= 0.3 is 6.09 Å². The number of hydrogen-bond donors (Lipinski definition) is 4. The van der Waals surface area contributed by atoms with Crippen molar-refractivity contribution in [1.29, 1.82) is 0 Å². The minimum absolute atomic E-state index is 0.0785. The number of imidazole rings is 1. The standard InChI is InChI=1S/C28H37N5O9S2/c1-43(36)32-27-29-22-12-11-21(16-23(22)30-27)44(37,38)33(42-20-9-5-6-10-20)17-25(34)24(15-19-7-3-2-4-8-19)31-28(35)41-26-18-39-13-14-40-26/h2-4,7-8,11-12,16,20,24-26,34H,5-6,9-10,13-15,17-18H2,1H3,(H,31,35)(H2,29,30,32)/t24-,25+,26?,43?/m0/s1. The summed E-state index contributed by atoms with van der Waals surface area (Å²) in [6, 6.07) is 12.6. The quantitative estimate of drug-likeness (QED) is 0.200. The summed E-state index contributed by atoms with van der Waals surface area (Å²) in [5.74, 6) is 0.233. The molecule has 1 amide bonds. The Balaban J connectivity index is 1.38. The van der Waals surface area contributed by atoms with Crippen LogP contribution in [0.15, 0.2) is 53.4 Å². The van der Waals surface area contributed by atoms with Crippen LogP contribution in [0.5, 0.6) is 0 Å². The summed E-state index contributed by atoms with van der Waals surface area (Å²) in [5.41, 5.74) is 1.68. The first-order chi connectivity index (χ1) is 21.2. The number of fused-ring (bicyclic) bond motifs is 1. The Labute approximate surface area is 258 Å². The number of aliphatic hydroxyl groups is 1. The van der Waals surface area contributed by atoms with E-state index in [9.17, 15) is 22.5 Å². The highest BCUT2D eigenvalue weighted by atomic mass is 32.2. The molecular formula is C28H37N5O9S2. The molecule has 2 heterocycles. The molecule has 240 valence electrons. The van der Waals surface area contributed by atoms with Crippen molar-refractivity contribution in [3.8, 4) is 0 Å². The fraction of sp³-hybridized carbons (Fsp3) is 0.500. The molecule has 4 atom stereocenters. The van der Waals surface area contributed by atoms with Gasteiger partial charge in [0.1, 0.15) is 17.6 Å². The van der Waals surface area contributed by atoms with E-state index in [1.807, 2.05) is 30.3 Å². The van der Waals surface area contributed by atoms with Gasteiger partial charge in [0.15, 0.2) is 0 Å². The SMILES string of the molecule is CS(=O)Nc1nc2ccc(S(=O)(=O)N(C[C@@H](O)[C@H](Cc3ccccc3)NC(=O)OC3COCCO3)OC3CCCC3)cc2[nH]1. The third-order valence-electron chi connectivity index (χ3n) is 7.25. The van der Waals surface area contributed by atoms with E-state index in [2.05, 4.69) is 20.0 Å².